The van der Waals surface area contributed by atoms with Gasteiger partial charge in [0.25, 0.3) is 5.91 Å². The van der Waals surface area contributed by atoms with Crippen molar-refractivity contribution in [1.82, 2.24) is 14.7 Å². The van der Waals surface area contributed by atoms with Gasteiger partial charge in [-0.25, -0.2) is 0 Å². The lowest BCUT2D eigenvalue weighted by atomic mass is 10.0. The molecule has 0 saturated heterocycles. The molecule has 0 aliphatic carbocycles. The summed E-state index contributed by atoms with van der Waals surface area (Å²) in [7, 11) is 1.98. The van der Waals surface area contributed by atoms with Crippen LogP contribution in [0.15, 0.2) is 48.5 Å². The fraction of sp³-hybridized carbons (Fsp3) is 0.273. The minimum Gasteiger partial charge on any atom is -0.508 e. The molecule has 4 rings (SSSR count). The van der Waals surface area contributed by atoms with Crippen molar-refractivity contribution in [2.75, 3.05) is 13.1 Å². The fourth-order valence-electron chi connectivity index (χ4n) is 3.87. The lowest BCUT2D eigenvalue weighted by Crippen LogP contribution is -2.34. The van der Waals surface area contributed by atoms with Crippen LogP contribution in [0.3, 0.4) is 0 Å². The number of aromatic nitrogens is 2. The Morgan fingerprint density at radius 1 is 1.07 bits per heavy atom. The lowest BCUT2D eigenvalue weighted by Gasteiger charge is -2.21. The number of benzene rings is 2. The summed E-state index contributed by atoms with van der Waals surface area (Å²) in [5.41, 5.74) is 6.02. The van der Waals surface area contributed by atoms with Gasteiger partial charge in [0.05, 0.1) is 5.69 Å². The number of aryl methyl sites for hydroxylation is 2. The molecule has 2 aromatic carbocycles. The van der Waals surface area contributed by atoms with Crippen LogP contribution in [-0.2, 0) is 19.9 Å². The van der Waals surface area contributed by atoms with E-state index >= 15 is 0 Å². The maximum atomic E-state index is 13.0. The molecule has 0 saturated carbocycles. The highest BCUT2D eigenvalue weighted by atomic mass is 16.3. The molecule has 2 heterocycles. The van der Waals surface area contributed by atoms with Crippen molar-refractivity contribution >= 4 is 5.91 Å². The fourth-order valence-corrected chi connectivity index (χ4v) is 3.87. The first-order valence-electron chi connectivity index (χ1n) is 9.23. The Kier molecular flexibility index (Phi) is 4.44. The third kappa shape index (κ3) is 3.21. The largest absolute Gasteiger partial charge is 0.508 e. The van der Waals surface area contributed by atoms with Crippen molar-refractivity contribution in [2.24, 2.45) is 7.05 Å². The monoisotopic (exact) mass is 361 g/mol. The summed E-state index contributed by atoms with van der Waals surface area (Å²) in [6, 6.07) is 15.1. The van der Waals surface area contributed by atoms with Gasteiger partial charge in [0.2, 0.25) is 0 Å². The van der Waals surface area contributed by atoms with Crippen molar-refractivity contribution < 1.29 is 9.90 Å². The Hall–Kier alpha value is -3.08. The Morgan fingerprint density at radius 3 is 2.56 bits per heavy atom. The van der Waals surface area contributed by atoms with E-state index in [0.717, 1.165) is 29.7 Å². The summed E-state index contributed by atoms with van der Waals surface area (Å²) in [5, 5.41) is 14.3. The van der Waals surface area contributed by atoms with Crippen LogP contribution in [0.4, 0.5) is 0 Å². The second kappa shape index (κ2) is 6.91. The zero-order valence-corrected chi connectivity index (χ0v) is 15.6. The van der Waals surface area contributed by atoms with Gasteiger partial charge in [-0.05, 0) is 37.1 Å². The van der Waals surface area contributed by atoms with Crippen LogP contribution in [0.25, 0.3) is 11.3 Å². The standard InChI is InChI=1S/C22H23N3O2/c1-15-14-17(26)8-9-18(15)22(27)25-12-10-19-20(11-13-25)24(2)23-21(19)16-6-4-3-5-7-16/h3-9,14,26H,10-13H2,1-2H3. The molecule has 0 unspecified atom stereocenters. The van der Waals surface area contributed by atoms with Gasteiger partial charge in [-0.2, -0.15) is 5.10 Å². The second-order valence-corrected chi connectivity index (χ2v) is 7.05. The van der Waals surface area contributed by atoms with Gasteiger partial charge < -0.3 is 10.0 Å². The molecule has 138 valence electrons. The molecule has 0 spiro atoms. The van der Waals surface area contributed by atoms with Crippen LogP contribution in [0.5, 0.6) is 5.75 Å². The third-order valence-corrected chi connectivity index (χ3v) is 5.30. The Bertz CT molecular complexity index is 992. The van der Waals surface area contributed by atoms with Gasteiger partial charge in [0.15, 0.2) is 0 Å². The van der Waals surface area contributed by atoms with E-state index < -0.39 is 0 Å². The van der Waals surface area contributed by atoms with Crippen molar-refractivity contribution in [3.63, 3.8) is 0 Å². The molecule has 0 fully saturated rings. The van der Waals surface area contributed by atoms with Crippen LogP contribution in [0.2, 0.25) is 0 Å². The van der Waals surface area contributed by atoms with Gasteiger partial charge in [-0.1, -0.05) is 30.3 Å². The quantitative estimate of drug-likeness (QED) is 0.762. The summed E-state index contributed by atoms with van der Waals surface area (Å²) in [5.74, 6) is 0.209. The summed E-state index contributed by atoms with van der Waals surface area (Å²) < 4.78 is 1.96. The molecule has 3 aromatic rings. The van der Waals surface area contributed by atoms with Crippen LogP contribution >= 0.6 is 0 Å². The van der Waals surface area contributed by atoms with E-state index in [4.69, 9.17) is 5.10 Å². The average molecular weight is 361 g/mol. The Balaban J connectivity index is 1.61. The van der Waals surface area contributed by atoms with Crippen molar-refractivity contribution in [3.8, 4) is 17.0 Å². The molecular formula is C22H23N3O2. The lowest BCUT2D eigenvalue weighted by molar-refractivity contribution is 0.0761. The summed E-state index contributed by atoms with van der Waals surface area (Å²) in [6.45, 7) is 3.19. The zero-order chi connectivity index (χ0) is 19.0. The number of nitrogens with zero attached hydrogens (tertiary/aromatic N) is 3. The number of aromatic hydroxyl groups is 1. The van der Waals surface area contributed by atoms with Gasteiger partial charge >= 0.3 is 0 Å². The number of hydrogen-bond acceptors (Lipinski definition) is 3. The summed E-state index contributed by atoms with van der Waals surface area (Å²) >= 11 is 0. The van der Waals surface area contributed by atoms with Crippen LogP contribution < -0.4 is 0 Å². The van der Waals surface area contributed by atoms with Gasteiger partial charge in [0, 0.05) is 48.9 Å². The number of rotatable bonds is 2. The molecular weight excluding hydrogens is 338 g/mol. The Labute approximate surface area is 158 Å². The molecule has 5 nitrogen and oxygen atoms in total. The summed E-state index contributed by atoms with van der Waals surface area (Å²) in [6.07, 6.45) is 1.57. The zero-order valence-electron chi connectivity index (χ0n) is 15.6. The molecule has 1 aliphatic heterocycles. The highest BCUT2D eigenvalue weighted by molar-refractivity contribution is 5.96. The minimum atomic E-state index is 0.0227. The maximum Gasteiger partial charge on any atom is 0.254 e. The van der Waals surface area contributed by atoms with E-state index in [0.29, 0.717) is 18.7 Å². The molecule has 1 aromatic heterocycles. The van der Waals surface area contributed by atoms with E-state index in [2.05, 4.69) is 12.1 Å². The molecule has 1 amide bonds. The van der Waals surface area contributed by atoms with Crippen LogP contribution in [0, 0.1) is 6.92 Å². The molecule has 0 bridgehead atoms. The molecule has 0 atom stereocenters. The normalized spacial score (nSPS) is 13.9. The molecule has 27 heavy (non-hydrogen) atoms. The first-order chi connectivity index (χ1) is 13.0. The molecule has 1 N–H and O–H groups in total. The van der Waals surface area contributed by atoms with Gasteiger partial charge in [-0.15, -0.1) is 0 Å². The number of carbonyl (C=O) groups excluding carboxylic acids is 1. The van der Waals surface area contributed by atoms with Crippen molar-refractivity contribution in [1.29, 1.82) is 0 Å². The average Bonchev–Trinajstić information content (AvgIpc) is 2.84. The van der Waals surface area contributed by atoms with E-state index in [1.165, 1.54) is 11.3 Å². The summed E-state index contributed by atoms with van der Waals surface area (Å²) in [4.78, 5) is 14.9. The predicted octanol–water partition coefficient (Wildman–Crippen LogP) is 3.34. The van der Waals surface area contributed by atoms with Crippen LogP contribution in [-0.4, -0.2) is 38.8 Å². The van der Waals surface area contributed by atoms with Crippen molar-refractivity contribution in [3.05, 3.63) is 70.9 Å². The van der Waals surface area contributed by atoms with Gasteiger partial charge in [-0.3, -0.25) is 9.48 Å². The minimum absolute atomic E-state index is 0.0227. The molecule has 1 aliphatic rings. The number of carbonyl (C=O) groups is 1. The van der Waals surface area contributed by atoms with Crippen LogP contribution in [0.1, 0.15) is 27.2 Å². The smallest absolute Gasteiger partial charge is 0.254 e. The second-order valence-electron chi connectivity index (χ2n) is 7.05. The number of amides is 1. The van der Waals surface area contributed by atoms with E-state index in [1.807, 2.05) is 41.8 Å². The third-order valence-electron chi connectivity index (χ3n) is 5.30. The van der Waals surface area contributed by atoms with E-state index in [9.17, 15) is 9.90 Å². The number of fused-ring (bicyclic) bond motifs is 1. The molecule has 5 heteroatoms. The first-order valence-corrected chi connectivity index (χ1v) is 9.23. The Morgan fingerprint density at radius 2 is 1.81 bits per heavy atom. The van der Waals surface area contributed by atoms with Crippen molar-refractivity contribution in [2.45, 2.75) is 19.8 Å². The number of hydrogen-bond donors (Lipinski definition) is 1. The topological polar surface area (TPSA) is 58.4 Å². The van der Waals surface area contributed by atoms with E-state index in [-0.39, 0.29) is 11.7 Å². The SMILES string of the molecule is Cc1cc(O)ccc1C(=O)N1CCc2c(-c3ccccc3)nn(C)c2CC1. The number of phenols is 1. The highest BCUT2D eigenvalue weighted by Crippen LogP contribution is 2.28. The van der Waals surface area contributed by atoms with E-state index in [1.54, 1.807) is 18.2 Å². The predicted molar refractivity (Wildman–Crippen MR) is 105 cm³/mol. The maximum absolute atomic E-state index is 13.0. The molecule has 0 radical (unpaired) electrons. The first kappa shape index (κ1) is 17.3. The highest BCUT2D eigenvalue weighted by Gasteiger charge is 2.25. The van der Waals surface area contributed by atoms with Gasteiger partial charge in [0.1, 0.15) is 5.75 Å². The number of phenolic OH excluding ortho intramolecular Hbond substituents is 1.